The van der Waals surface area contributed by atoms with Crippen molar-refractivity contribution in [3.05, 3.63) is 61.9 Å². The van der Waals surface area contributed by atoms with Gasteiger partial charge in [0.15, 0.2) is 0 Å². The van der Waals surface area contributed by atoms with E-state index in [2.05, 4.69) is 26.2 Å². The van der Waals surface area contributed by atoms with E-state index < -0.39 is 10.8 Å². The lowest BCUT2D eigenvalue weighted by atomic mass is 10.2. The summed E-state index contributed by atoms with van der Waals surface area (Å²) in [5, 5.41) is 13.6. The lowest BCUT2D eigenvalue weighted by molar-refractivity contribution is -0.385. The predicted molar refractivity (Wildman–Crippen MR) is 82.5 cm³/mol. The number of hydrogen-bond acceptors (Lipinski definition) is 4. The van der Waals surface area contributed by atoms with E-state index in [9.17, 15) is 14.9 Å². The molecule has 0 aliphatic heterocycles. The molecule has 0 fully saturated rings. The van der Waals surface area contributed by atoms with Gasteiger partial charge in [-0.2, -0.15) is 0 Å². The highest BCUT2D eigenvalue weighted by atomic mass is 79.9. The fourth-order valence-corrected chi connectivity index (χ4v) is 2.20. The number of pyridine rings is 1. The number of aryl methyl sites for hydroxylation is 2. The first-order chi connectivity index (χ1) is 9.88. The second kappa shape index (κ2) is 6.01. The van der Waals surface area contributed by atoms with E-state index in [0.717, 1.165) is 5.69 Å². The fourth-order valence-electron chi connectivity index (χ4n) is 1.81. The number of nitro groups is 1. The van der Waals surface area contributed by atoms with E-state index in [1.165, 1.54) is 18.2 Å². The van der Waals surface area contributed by atoms with Crippen LogP contribution in [0.2, 0.25) is 0 Å². The quantitative estimate of drug-likeness (QED) is 0.677. The summed E-state index contributed by atoms with van der Waals surface area (Å²) in [7, 11) is 0. The molecule has 1 amide bonds. The molecular formula is C14H12BrN3O3. The summed E-state index contributed by atoms with van der Waals surface area (Å²) >= 11 is 3.08. The first-order valence-corrected chi connectivity index (χ1v) is 6.87. The minimum absolute atomic E-state index is 0.151. The van der Waals surface area contributed by atoms with Gasteiger partial charge in [-0.15, -0.1) is 0 Å². The van der Waals surface area contributed by atoms with Crippen LogP contribution >= 0.6 is 15.9 Å². The molecule has 0 bridgehead atoms. The molecule has 0 unspecified atom stereocenters. The minimum Gasteiger partial charge on any atom is -0.320 e. The van der Waals surface area contributed by atoms with Crippen molar-refractivity contribution in [2.75, 3.05) is 5.32 Å². The number of amides is 1. The number of benzene rings is 1. The molecule has 7 heteroatoms. The molecule has 2 aromatic rings. The number of anilines is 1. The lowest BCUT2D eigenvalue weighted by Gasteiger charge is -2.08. The van der Waals surface area contributed by atoms with E-state index >= 15 is 0 Å². The number of carbonyl (C=O) groups is 1. The Balaban J connectivity index is 2.28. The molecule has 6 nitrogen and oxygen atoms in total. The van der Waals surface area contributed by atoms with Crippen LogP contribution in [0.15, 0.2) is 34.8 Å². The van der Waals surface area contributed by atoms with Gasteiger partial charge >= 0.3 is 0 Å². The van der Waals surface area contributed by atoms with E-state index in [1.807, 2.05) is 6.92 Å². The molecule has 0 aliphatic rings. The van der Waals surface area contributed by atoms with Crippen LogP contribution in [0.25, 0.3) is 0 Å². The van der Waals surface area contributed by atoms with Gasteiger partial charge in [0.05, 0.1) is 20.8 Å². The van der Waals surface area contributed by atoms with Crippen LogP contribution in [0.3, 0.4) is 0 Å². The first kappa shape index (κ1) is 15.1. The Kier molecular flexibility index (Phi) is 4.32. The summed E-state index contributed by atoms with van der Waals surface area (Å²) in [6.45, 7) is 3.64. The number of carbonyl (C=O) groups excluding carboxylic acids is 1. The van der Waals surface area contributed by atoms with Crippen LogP contribution in [0, 0.1) is 24.0 Å². The molecule has 1 N–H and O–H groups in total. The Hall–Kier alpha value is -2.28. The predicted octanol–water partition coefficient (Wildman–Crippen LogP) is 3.62. The number of halogens is 1. The Morgan fingerprint density at radius 3 is 2.62 bits per heavy atom. The van der Waals surface area contributed by atoms with E-state index in [1.54, 1.807) is 19.1 Å². The van der Waals surface area contributed by atoms with Crippen molar-refractivity contribution in [2.45, 2.75) is 13.8 Å². The maximum Gasteiger partial charge on any atom is 0.284 e. The average molecular weight is 350 g/mol. The highest BCUT2D eigenvalue weighted by molar-refractivity contribution is 9.10. The zero-order valence-corrected chi connectivity index (χ0v) is 13.0. The maximum absolute atomic E-state index is 12.2. The van der Waals surface area contributed by atoms with Gasteiger partial charge < -0.3 is 5.32 Å². The highest BCUT2D eigenvalue weighted by Crippen LogP contribution is 2.26. The van der Waals surface area contributed by atoms with Crippen molar-refractivity contribution < 1.29 is 9.72 Å². The van der Waals surface area contributed by atoms with Crippen LogP contribution in [-0.4, -0.2) is 15.8 Å². The minimum atomic E-state index is -0.542. The second-order valence-corrected chi connectivity index (χ2v) is 5.32. The Morgan fingerprint density at radius 1 is 1.29 bits per heavy atom. The van der Waals surface area contributed by atoms with Gasteiger partial charge in [0.2, 0.25) is 0 Å². The summed E-state index contributed by atoms with van der Waals surface area (Å²) in [6.07, 6.45) is 0. The fraction of sp³-hybridized carbons (Fsp3) is 0.143. The number of nitrogens with zero attached hydrogens (tertiary/aromatic N) is 2. The van der Waals surface area contributed by atoms with E-state index in [4.69, 9.17) is 0 Å². The standard InChI is InChI=1S/C14H12BrN3O3/c1-8-3-6-12(9(2)16-8)17-14(19)10-4-5-11(15)13(7-10)18(20)21/h3-7H,1-2H3,(H,17,19). The summed E-state index contributed by atoms with van der Waals surface area (Å²) in [5.41, 5.74) is 2.18. The molecule has 2 rings (SSSR count). The lowest BCUT2D eigenvalue weighted by Crippen LogP contribution is -2.13. The van der Waals surface area contributed by atoms with Gasteiger partial charge in [-0.25, -0.2) is 0 Å². The van der Waals surface area contributed by atoms with Crippen LogP contribution in [0.5, 0.6) is 0 Å². The molecule has 0 saturated carbocycles. The zero-order valence-electron chi connectivity index (χ0n) is 11.4. The molecule has 1 heterocycles. The van der Waals surface area contributed by atoms with Crippen molar-refractivity contribution in [1.82, 2.24) is 4.98 Å². The number of hydrogen-bond donors (Lipinski definition) is 1. The van der Waals surface area contributed by atoms with Crippen molar-refractivity contribution >= 4 is 33.2 Å². The van der Waals surface area contributed by atoms with Crippen LogP contribution in [-0.2, 0) is 0 Å². The third kappa shape index (κ3) is 3.43. The van der Waals surface area contributed by atoms with E-state index in [-0.39, 0.29) is 11.3 Å². The van der Waals surface area contributed by atoms with Crippen molar-refractivity contribution in [1.29, 1.82) is 0 Å². The topological polar surface area (TPSA) is 85.1 Å². The number of nitrogens with one attached hydrogen (secondary N) is 1. The van der Waals surface area contributed by atoms with Gasteiger partial charge in [-0.1, -0.05) is 0 Å². The normalized spacial score (nSPS) is 10.2. The summed E-state index contributed by atoms with van der Waals surface area (Å²) in [6, 6.07) is 7.77. The molecule has 108 valence electrons. The number of nitro benzene ring substituents is 1. The Bertz CT molecular complexity index is 731. The van der Waals surface area contributed by atoms with Crippen LogP contribution in [0.1, 0.15) is 21.7 Å². The molecule has 21 heavy (non-hydrogen) atoms. The van der Waals surface area contributed by atoms with Crippen molar-refractivity contribution in [3.8, 4) is 0 Å². The van der Waals surface area contributed by atoms with Gasteiger partial charge in [-0.3, -0.25) is 19.9 Å². The molecule has 0 radical (unpaired) electrons. The molecule has 1 aromatic carbocycles. The molecule has 0 saturated heterocycles. The number of aromatic nitrogens is 1. The first-order valence-electron chi connectivity index (χ1n) is 6.08. The molecule has 0 aliphatic carbocycles. The SMILES string of the molecule is Cc1ccc(NC(=O)c2ccc(Br)c([N+](=O)[O-])c2)c(C)n1. The summed E-state index contributed by atoms with van der Waals surface area (Å²) in [4.78, 5) is 26.7. The largest absolute Gasteiger partial charge is 0.320 e. The summed E-state index contributed by atoms with van der Waals surface area (Å²) < 4.78 is 0.331. The van der Waals surface area contributed by atoms with Gasteiger partial charge in [-0.05, 0) is 54.0 Å². The third-order valence-corrected chi connectivity index (χ3v) is 3.55. The maximum atomic E-state index is 12.2. The molecule has 0 atom stereocenters. The van der Waals surface area contributed by atoms with Crippen LogP contribution in [0.4, 0.5) is 11.4 Å². The van der Waals surface area contributed by atoms with Gasteiger partial charge in [0, 0.05) is 17.3 Å². The Morgan fingerprint density at radius 2 is 2.00 bits per heavy atom. The smallest absolute Gasteiger partial charge is 0.284 e. The molecule has 0 spiro atoms. The third-order valence-electron chi connectivity index (χ3n) is 2.88. The zero-order chi connectivity index (χ0) is 15.6. The summed E-state index contributed by atoms with van der Waals surface area (Å²) in [5.74, 6) is -0.417. The Labute approximate surface area is 129 Å². The van der Waals surface area contributed by atoms with E-state index in [0.29, 0.717) is 15.9 Å². The highest BCUT2D eigenvalue weighted by Gasteiger charge is 2.16. The molecular weight excluding hydrogens is 338 g/mol. The van der Waals surface area contributed by atoms with Crippen molar-refractivity contribution in [3.63, 3.8) is 0 Å². The molecule has 1 aromatic heterocycles. The van der Waals surface area contributed by atoms with Gasteiger partial charge in [0.25, 0.3) is 11.6 Å². The van der Waals surface area contributed by atoms with Crippen molar-refractivity contribution in [2.24, 2.45) is 0 Å². The monoisotopic (exact) mass is 349 g/mol. The second-order valence-electron chi connectivity index (χ2n) is 4.46. The number of rotatable bonds is 3. The van der Waals surface area contributed by atoms with Gasteiger partial charge in [0.1, 0.15) is 0 Å². The van der Waals surface area contributed by atoms with Crippen LogP contribution < -0.4 is 5.32 Å². The average Bonchev–Trinajstić information content (AvgIpc) is 2.42.